The fourth-order valence-electron chi connectivity index (χ4n) is 8.08. The van der Waals surface area contributed by atoms with Gasteiger partial charge in [0, 0.05) is 42.9 Å². The van der Waals surface area contributed by atoms with E-state index in [0.29, 0.717) is 17.5 Å². The van der Waals surface area contributed by atoms with Crippen molar-refractivity contribution >= 4 is 86.6 Å². The Balaban J connectivity index is 1.71. The molecule has 2 aliphatic rings. The Bertz CT molecular complexity index is 2370. The lowest BCUT2D eigenvalue weighted by molar-refractivity contribution is -0.142. The first-order valence-corrected chi connectivity index (χ1v) is 26.4. The Morgan fingerprint density at radius 2 is 1.41 bits per heavy atom. The molecule has 4 rings (SSSR count). The number of hydrogen-bond acceptors (Lipinski definition) is 14. The molecule has 2 saturated heterocycles. The fourth-order valence-corrected chi connectivity index (χ4v) is 10.8. The molecule has 7 atom stereocenters. The van der Waals surface area contributed by atoms with E-state index in [1.807, 2.05) is 0 Å². The first-order chi connectivity index (χ1) is 34.9. The molecule has 0 spiro atoms. The SMILES string of the molecule is CC(C)[C@@H]1NC(=O)[C@H](Cc2ccccc2)NC(=O)[C@H](Cc2ccc(O)cc2)NC(=O)CC(C)(C)SSC[C@@H](C(=O)N2CCC[C@H]2C(=O)N[C@H](CCCN=C(N)N)C(=O)NCC(N)=O)NC(=O)[C@H](CC(N)=O)NC1=O. The number of guanidine groups is 1. The van der Waals surface area contributed by atoms with Crippen LogP contribution in [0.4, 0.5) is 0 Å². The number of hydrogen-bond donors (Lipinski definition) is 12. The Hall–Kier alpha value is -7.09. The topological polar surface area (TPSA) is 395 Å². The lowest BCUT2D eigenvalue weighted by atomic mass is 9.99. The Kier molecular flexibility index (Phi) is 22.8. The third-order valence-electron chi connectivity index (χ3n) is 11.8. The molecule has 0 saturated carbocycles. The smallest absolute Gasteiger partial charge is 0.246 e. The minimum absolute atomic E-state index is 0.0180. The highest BCUT2D eigenvalue weighted by atomic mass is 33.1. The Labute approximate surface area is 437 Å². The number of aliphatic imine (C=N–C) groups is 1. The van der Waals surface area contributed by atoms with Crippen LogP contribution in [0.25, 0.3) is 0 Å². The first kappa shape index (κ1) is 59.5. The van der Waals surface area contributed by atoms with E-state index in [9.17, 15) is 53.1 Å². The summed E-state index contributed by atoms with van der Waals surface area (Å²) < 4.78 is -0.905. The van der Waals surface area contributed by atoms with Crippen molar-refractivity contribution in [2.24, 2.45) is 33.8 Å². The van der Waals surface area contributed by atoms with Crippen LogP contribution in [0.15, 0.2) is 59.6 Å². The molecule has 2 aliphatic heterocycles. The predicted octanol–water partition coefficient (Wildman–Crippen LogP) is -2.17. The van der Waals surface area contributed by atoms with Crippen LogP contribution >= 0.6 is 21.6 Å². The predicted molar refractivity (Wildman–Crippen MR) is 278 cm³/mol. The lowest BCUT2D eigenvalue weighted by Crippen LogP contribution is -2.61. The summed E-state index contributed by atoms with van der Waals surface area (Å²) in [5, 5.41) is 28.4. The molecular weight excluding hydrogens is 999 g/mol. The van der Waals surface area contributed by atoms with Crippen LogP contribution in [0.1, 0.15) is 77.3 Å². The molecule has 0 unspecified atom stereocenters. The van der Waals surface area contributed by atoms with Gasteiger partial charge in [0.2, 0.25) is 59.1 Å². The summed E-state index contributed by atoms with van der Waals surface area (Å²) in [6, 6.07) is 5.45. The van der Waals surface area contributed by atoms with Gasteiger partial charge in [-0.15, -0.1) is 0 Å². The third-order valence-corrected chi connectivity index (χ3v) is 15.1. The highest BCUT2D eigenvalue weighted by Crippen LogP contribution is 2.39. The van der Waals surface area contributed by atoms with Gasteiger partial charge in [0.15, 0.2) is 5.96 Å². The summed E-state index contributed by atoms with van der Waals surface area (Å²) in [4.78, 5) is 142. The van der Waals surface area contributed by atoms with Gasteiger partial charge in [-0.25, -0.2) is 0 Å². The molecule has 74 heavy (non-hydrogen) atoms. The van der Waals surface area contributed by atoms with Gasteiger partial charge in [-0.1, -0.05) is 77.9 Å². The van der Waals surface area contributed by atoms with Crippen LogP contribution < -0.4 is 60.2 Å². The number of phenolic OH excluding ortho intramolecular Hbond substituents is 1. The van der Waals surface area contributed by atoms with Crippen LogP contribution in [-0.2, 0) is 60.8 Å². The number of amides is 10. The minimum atomic E-state index is -1.67. The second-order valence-electron chi connectivity index (χ2n) is 19.0. The molecular formula is C48H69N13O11S2. The van der Waals surface area contributed by atoms with Crippen molar-refractivity contribution < 1.29 is 53.1 Å². The number of phenols is 1. The summed E-state index contributed by atoms with van der Waals surface area (Å²) in [7, 11) is 2.29. The summed E-state index contributed by atoms with van der Waals surface area (Å²) in [6.07, 6.45) is -0.207. The van der Waals surface area contributed by atoms with Gasteiger partial charge in [0.1, 0.15) is 48.0 Å². The van der Waals surface area contributed by atoms with Crippen molar-refractivity contribution in [1.82, 2.24) is 42.1 Å². The van der Waals surface area contributed by atoms with E-state index < -0.39 is 125 Å². The molecule has 24 nitrogen and oxygen atoms in total. The first-order valence-electron chi connectivity index (χ1n) is 24.1. The molecule has 10 amide bonds. The van der Waals surface area contributed by atoms with E-state index in [1.54, 1.807) is 70.2 Å². The van der Waals surface area contributed by atoms with E-state index in [1.165, 1.54) is 27.8 Å². The molecule has 26 heteroatoms. The van der Waals surface area contributed by atoms with E-state index >= 15 is 0 Å². The average Bonchev–Trinajstić information content (AvgIpc) is 3.82. The zero-order chi connectivity index (χ0) is 54.7. The maximum atomic E-state index is 14.7. The quantitative estimate of drug-likeness (QED) is 0.0347. The van der Waals surface area contributed by atoms with Gasteiger partial charge < -0.3 is 70.2 Å². The van der Waals surface area contributed by atoms with E-state index in [4.69, 9.17) is 22.9 Å². The molecule has 2 fully saturated rings. The second-order valence-corrected chi connectivity index (χ2v) is 22.0. The van der Waals surface area contributed by atoms with Gasteiger partial charge >= 0.3 is 0 Å². The molecule has 404 valence electrons. The standard InChI is InChI=1S/C48H69N13O11S2/c1-26(2)39-45(71)58-33(22-36(49)63)42(68)59-34(46(72)61-19-9-13-35(61)44(70)56-30(12-8-18-53-47(51)52)40(66)54-24-37(50)64)25-73-74-48(3,4)23-38(65)55-31(21-28-14-16-29(62)17-15-28)41(67)57-32(43(69)60-39)20-27-10-6-5-7-11-27/h5-7,10-11,14-17,26,30-35,39,62H,8-9,12-13,18-25H2,1-4H3,(H2,49,63)(H2,50,64)(H,54,66)(H,55,65)(H,56,70)(H,57,67)(H,58,71)(H,59,68)(H,60,69)(H4,51,52,53)/t30-,31+,32+,33+,34+,35+,39+/m1/s1. The molecule has 0 radical (unpaired) electrons. The van der Waals surface area contributed by atoms with Crippen molar-refractivity contribution in [3.8, 4) is 5.75 Å². The van der Waals surface area contributed by atoms with Gasteiger partial charge in [-0.3, -0.25) is 52.9 Å². The summed E-state index contributed by atoms with van der Waals surface area (Å²) >= 11 is 0. The van der Waals surface area contributed by atoms with Crippen molar-refractivity contribution in [1.29, 1.82) is 0 Å². The largest absolute Gasteiger partial charge is 0.508 e. The van der Waals surface area contributed by atoms with Crippen LogP contribution in [0.2, 0.25) is 0 Å². The number of benzene rings is 2. The van der Waals surface area contributed by atoms with Gasteiger partial charge in [-0.2, -0.15) is 0 Å². The molecule has 2 aromatic rings. The zero-order valence-electron chi connectivity index (χ0n) is 41.9. The number of carbonyl (C=O) groups is 10. The summed E-state index contributed by atoms with van der Waals surface area (Å²) in [5.74, 6) is -8.95. The zero-order valence-corrected chi connectivity index (χ0v) is 43.5. The number of likely N-dealkylation sites (tertiary alicyclic amines) is 1. The summed E-state index contributed by atoms with van der Waals surface area (Å²) in [6.45, 7) is 6.40. The number of carbonyl (C=O) groups excluding carboxylic acids is 10. The van der Waals surface area contributed by atoms with Crippen LogP contribution in [0, 0.1) is 5.92 Å². The molecule has 0 aromatic heterocycles. The fraction of sp³-hybridized carbons (Fsp3) is 0.521. The number of nitrogens with two attached hydrogens (primary N) is 4. The van der Waals surface area contributed by atoms with Crippen molar-refractivity contribution in [3.05, 3.63) is 65.7 Å². The maximum absolute atomic E-state index is 14.7. The number of primary amides is 2. The monoisotopic (exact) mass is 1070 g/mol. The second kappa shape index (κ2) is 28.4. The van der Waals surface area contributed by atoms with E-state index in [0.717, 1.165) is 10.8 Å². The van der Waals surface area contributed by atoms with Crippen LogP contribution in [0.3, 0.4) is 0 Å². The Morgan fingerprint density at radius 3 is 2.03 bits per heavy atom. The van der Waals surface area contributed by atoms with Crippen LogP contribution in [-0.4, -0.2) is 147 Å². The van der Waals surface area contributed by atoms with Gasteiger partial charge in [-0.05, 0) is 68.7 Å². The normalized spacial score (nSPS) is 22.6. The van der Waals surface area contributed by atoms with Crippen molar-refractivity contribution in [3.63, 3.8) is 0 Å². The molecule has 0 aliphatic carbocycles. The van der Waals surface area contributed by atoms with Crippen LogP contribution in [0.5, 0.6) is 5.75 Å². The van der Waals surface area contributed by atoms with Crippen molar-refractivity contribution in [2.75, 3.05) is 25.4 Å². The Morgan fingerprint density at radius 1 is 0.797 bits per heavy atom. The minimum Gasteiger partial charge on any atom is -0.508 e. The highest BCUT2D eigenvalue weighted by molar-refractivity contribution is 8.77. The lowest BCUT2D eigenvalue weighted by Gasteiger charge is -2.32. The van der Waals surface area contributed by atoms with Gasteiger partial charge in [0.05, 0.1) is 13.0 Å². The molecule has 2 aromatic carbocycles. The van der Waals surface area contributed by atoms with Gasteiger partial charge in [0.25, 0.3) is 0 Å². The van der Waals surface area contributed by atoms with E-state index in [2.05, 4.69) is 42.2 Å². The molecule has 2 heterocycles. The van der Waals surface area contributed by atoms with E-state index in [-0.39, 0.29) is 69.1 Å². The molecule has 0 bridgehead atoms. The number of rotatable bonds is 17. The third kappa shape index (κ3) is 19.4. The number of nitrogens with zero attached hydrogens (tertiary/aromatic N) is 2. The molecule has 16 N–H and O–H groups in total. The number of aromatic hydroxyl groups is 1. The average molecular weight is 1070 g/mol. The maximum Gasteiger partial charge on any atom is 0.246 e. The highest BCUT2D eigenvalue weighted by Gasteiger charge is 2.41. The summed E-state index contributed by atoms with van der Waals surface area (Å²) in [5.41, 5.74) is 22.9. The van der Waals surface area contributed by atoms with Crippen molar-refractivity contribution in [2.45, 2.75) is 126 Å². The number of nitrogens with one attached hydrogen (secondary N) is 7.